The number of rotatable bonds is 5. The molecule has 0 saturated heterocycles. The fraction of sp³-hybridized carbons (Fsp3) is 0.467. The van der Waals surface area contributed by atoms with Crippen LogP contribution < -0.4 is 0 Å². The van der Waals surface area contributed by atoms with Gasteiger partial charge in [0.25, 0.3) is 0 Å². The Balaban J connectivity index is 2.92. The van der Waals surface area contributed by atoms with Crippen molar-refractivity contribution in [3.8, 4) is 0 Å². The maximum Gasteiger partial charge on any atom is 0.338 e. The molecule has 0 bridgehead atoms. The highest BCUT2D eigenvalue weighted by Gasteiger charge is 2.31. The van der Waals surface area contributed by atoms with Crippen molar-refractivity contribution in [3.63, 3.8) is 0 Å². The van der Waals surface area contributed by atoms with Crippen molar-refractivity contribution >= 4 is 11.9 Å². The van der Waals surface area contributed by atoms with E-state index >= 15 is 0 Å². The van der Waals surface area contributed by atoms with Gasteiger partial charge >= 0.3 is 11.9 Å². The molecule has 0 aromatic heterocycles. The van der Waals surface area contributed by atoms with E-state index in [1.807, 2.05) is 0 Å². The molecule has 0 aliphatic carbocycles. The van der Waals surface area contributed by atoms with E-state index in [1.165, 1.54) is 0 Å². The third kappa shape index (κ3) is 3.56. The van der Waals surface area contributed by atoms with Crippen molar-refractivity contribution in [2.45, 2.75) is 33.1 Å². The number of esters is 2. The second-order valence-electron chi connectivity index (χ2n) is 4.64. The summed E-state index contributed by atoms with van der Waals surface area (Å²) in [5.41, 5.74) is 0.549. The third-order valence-electron chi connectivity index (χ3n) is 2.90. The van der Waals surface area contributed by atoms with Crippen LogP contribution in [0.3, 0.4) is 0 Å². The second-order valence-corrected chi connectivity index (χ2v) is 4.64. The molecular weight excluding hydrogens is 244 g/mol. The van der Waals surface area contributed by atoms with Crippen molar-refractivity contribution in [1.29, 1.82) is 0 Å². The maximum atomic E-state index is 11.9. The van der Waals surface area contributed by atoms with Gasteiger partial charge in [0, 0.05) is 0 Å². The number of carbonyl (C=O) groups excluding carboxylic acids is 2. The van der Waals surface area contributed by atoms with Crippen LogP contribution in [0.1, 0.15) is 43.6 Å². The molecular formula is C15H20O4. The lowest BCUT2D eigenvalue weighted by molar-refractivity contribution is -0.148. The van der Waals surface area contributed by atoms with Crippen LogP contribution in [0.15, 0.2) is 24.3 Å². The summed E-state index contributed by atoms with van der Waals surface area (Å²) in [6.45, 7) is 7.82. The average molecular weight is 264 g/mol. The van der Waals surface area contributed by atoms with Gasteiger partial charge in [-0.25, -0.2) is 4.79 Å². The number of benzene rings is 1. The average Bonchev–Trinajstić information content (AvgIpc) is 2.39. The maximum absolute atomic E-state index is 11.9. The first-order valence-electron chi connectivity index (χ1n) is 6.38. The molecule has 0 atom stereocenters. The Bertz CT molecular complexity index is 446. The van der Waals surface area contributed by atoms with Crippen molar-refractivity contribution in [2.24, 2.45) is 0 Å². The van der Waals surface area contributed by atoms with E-state index in [0.29, 0.717) is 18.8 Å². The lowest BCUT2D eigenvalue weighted by Crippen LogP contribution is -2.31. The van der Waals surface area contributed by atoms with E-state index in [9.17, 15) is 9.59 Å². The molecule has 0 heterocycles. The molecule has 4 nitrogen and oxygen atoms in total. The molecule has 1 aromatic rings. The van der Waals surface area contributed by atoms with Crippen LogP contribution in [0.5, 0.6) is 0 Å². The zero-order chi connectivity index (χ0) is 14.5. The van der Waals surface area contributed by atoms with Crippen LogP contribution in [-0.4, -0.2) is 25.2 Å². The smallest absolute Gasteiger partial charge is 0.338 e. The van der Waals surface area contributed by atoms with Crippen LogP contribution in [-0.2, 0) is 19.7 Å². The van der Waals surface area contributed by atoms with Crippen molar-refractivity contribution < 1.29 is 19.1 Å². The summed E-state index contributed by atoms with van der Waals surface area (Å²) in [5, 5.41) is 0. The molecule has 0 unspecified atom stereocenters. The van der Waals surface area contributed by atoms with Crippen molar-refractivity contribution in [2.75, 3.05) is 13.2 Å². The van der Waals surface area contributed by atoms with Crippen molar-refractivity contribution in [1.82, 2.24) is 0 Å². The van der Waals surface area contributed by atoms with Crippen LogP contribution in [0.4, 0.5) is 0 Å². The minimum Gasteiger partial charge on any atom is -0.465 e. The van der Waals surface area contributed by atoms with Gasteiger partial charge in [-0.05, 0) is 45.4 Å². The predicted molar refractivity (Wildman–Crippen MR) is 72.1 cm³/mol. The van der Waals surface area contributed by atoms with E-state index in [-0.39, 0.29) is 11.9 Å². The Labute approximate surface area is 113 Å². The Kier molecular flexibility index (Phi) is 5.10. The van der Waals surface area contributed by atoms with E-state index in [1.54, 1.807) is 52.0 Å². The summed E-state index contributed by atoms with van der Waals surface area (Å²) in [6.07, 6.45) is 0. The molecule has 1 aromatic carbocycles. The fourth-order valence-electron chi connectivity index (χ4n) is 1.67. The van der Waals surface area contributed by atoms with Crippen LogP contribution in [0, 0.1) is 0 Å². The second kappa shape index (κ2) is 6.36. The number of hydrogen-bond acceptors (Lipinski definition) is 4. The highest BCUT2D eigenvalue weighted by atomic mass is 16.5. The summed E-state index contributed by atoms with van der Waals surface area (Å²) in [6, 6.07) is 6.83. The quantitative estimate of drug-likeness (QED) is 0.767. The van der Waals surface area contributed by atoms with Crippen LogP contribution >= 0.6 is 0 Å². The van der Waals surface area contributed by atoms with Gasteiger partial charge in [-0.1, -0.05) is 12.1 Å². The molecule has 0 aliphatic heterocycles. The van der Waals surface area contributed by atoms with E-state index < -0.39 is 5.41 Å². The van der Waals surface area contributed by atoms with Gasteiger partial charge in [-0.15, -0.1) is 0 Å². The third-order valence-corrected chi connectivity index (χ3v) is 2.90. The number of hydrogen-bond donors (Lipinski definition) is 0. The van der Waals surface area contributed by atoms with Crippen molar-refractivity contribution in [3.05, 3.63) is 35.4 Å². The molecule has 19 heavy (non-hydrogen) atoms. The Morgan fingerprint density at radius 3 is 2.00 bits per heavy atom. The Hall–Kier alpha value is -1.84. The van der Waals surface area contributed by atoms with Gasteiger partial charge in [0.05, 0.1) is 24.2 Å². The van der Waals surface area contributed by atoms with E-state index in [0.717, 1.165) is 5.56 Å². The molecule has 0 spiro atoms. The van der Waals surface area contributed by atoms with Gasteiger partial charge in [0.15, 0.2) is 0 Å². The lowest BCUT2D eigenvalue weighted by Gasteiger charge is -2.22. The standard InChI is InChI=1S/C15H20O4/c1-5-18-13(16)11-7-9-12(10-8-11)15(3,4)14(17)19-6-2/h7-10H,5-6H2,1-4H3. The fourth-order valence-corrected chi connectivity index (χ4v) is 1.67. The minimum absolute atomic E-state index is 0.279. The lowest BCUT2D eigenvalue weighted by atomic mass is 9.84. The van der Waals surface area contributed by atoms with E-state index in [4.69, 9.17) is 9.47 Å². The zero-order valence-electron chi connectivity index (χ0n) is 11.9. The molecule has 4 heteroatoms. The van der Waals surface area contributed by atoms with Gasteiger partial charge in [-0.2, -0.15) is 0 Å². The van der Waals surface area contributed by atoms with Gasteiger partial charge in [0.2, 0.25) is 0 Å². The summed E-state index contributed by atoms with van der Waals surface area (Å²) in [5.74, 6) is -0.637. The zero-order valence-corrected chi connectivity index (χ0v) is 11.9. The summed E-state index contributed by atoms with van der Waals surface area (Å²) >= 11 is 0. The molecule has 0 aliphatic rings. The molecule has 1 rings (SSSR count). The first-order valence-corrected chi connectivity index (χ1v) is 6.38. The first-order chi connectivity index (χ1) is 8.93. The van der Waals surface area contributed by atoms with Gasteiger partial charge in [0.1, 0.15) is 0 Å². The van der Waals surface area contributed by atoms with E-state index in [2.05, 4.69) is 0 Å². The van der Waals surface area contributed by atoms with Crippen LogP contribution in [0.2, 0.25) is 0 Å². The normalized spacial score (nSPS) is 10.9. The Morgan fingerprint density at radius 1 is 1.00 bits per heavy atom. The number of carbonyl (C=O) groups is 2. The molecule has 0 radical (unpaired) electrons. The highest BCUT2D eigenvalue weighted by Crippen LogP contribution is 2.25. The summed E-state index contributed by atoms with van der Waals surface area (Å²) in [7, 11) is 0. The summed E-state index contributed by atoms with van der Waals surface area (Å²) in [4.78, 5) is 23.4. The molecule has 0 saturated carbocycles. The minimum atomic E-state index is -0.733. The topological polar surface area (TPSA) is 52.6 Å². The Morgan fingerprint density at radius 2 is 1.53 bits per heavy atom. The number of ether oxygens (including phenoxy) is 2. The molecule has 104 valence electrons. The molecule has 0 fully saturated rings. The largest absolute Gasteiger partial charge is 0.465 e. The first kappa shape index (κ1) is 15.2. The molecule has 0 amide bonds. The summed E-state index contributed by atoms with van der Waals surface area (Å²) < 4.78 is 9.96. The van der Waals surface area contributed by atoms with Crippen LogP contribution in [0.25, 0.3) is 0 Å². The highest BCUT2D eigenvalue weighted by molar-refractivity contribution is 5.90. The van der Waals surface area contributed by atoms with Gasteiger partial charge < -0.3 is 9.47 Å². The predicted octanol–water partition coefficient (Wildman–Crippen LogP) is 2.70. The van der Waals surface area contributed by atoms with Gasteiger partial charge in [-0.3, -0.25) is 4.79 Å². The molecule has 0 N–H and O–H groups in total. The monoisotopic (exact) mass is 264 g/mol. The SMILES string of the molecule is CCOC(=O)c1ccc(C(C)(C)C(=O)OCC)cc1.